The molecular formula is C33H32Cl3N3O4S. The summed E-state index contributed by atoms with van der Waals surface area (Å²) < 4.78 is 29.0. The van der Waals surface area contributed by atoms with Crippen LogP contribution in [0, 0.1) is 0 Å². The quantitative estimate of drug-likeness (QED) is 0.166. The van der Waals surface area contributed by atoms with Crippen molar-refractivity contribution in [3.63, 3.8) is 0 Å². The molecule has 0 aliphatic rings. The van der Waals surface area contributed by atoms with E-state index in [0.717, 1.165) is 9.87 Å². The highest BCUT2D eigenvalue weighted by Gasteiger charge is 2.35. The Kier molecular flexibility index (Phi) is 11.7. The minimum absolute atomic E-state index is 0.0234. The highest BCUT2D eigenvalue weighted by molar-refractivity contribution is 7.92. The molecule has 1 atom stereocenters. The number of carbonyl (C=O) groups excluding carboxylic acids is 2. The first-order valence-corrected chi connectivity index (χ1v) is 16.6. The molecule has 4 rings (SSSR count). The van der Waals surface area contributed by atoms with Gasteiger partial charge >= 0.3 is 0 Å². The third kappa shape index (κ3) is 8.54. The lowest BCUT2D eigenvalue weighted by atomic mass is 10.0. The average molecular weight is 673 g/mol. The molecule has 0 fully saturated rings. The fourth-order valence-corrected chi connectivity index (χ4v) is 6.62. The van der Waals surface area contributed by atoms with E-state index in [1.165, 1.54) is 35.2 Å². The molecule has 1 N–H and O–H groups in total. The Hall–Kier alpha value is -3.56. The van der Waals surface area contributed by atoms with Crippen molar-refractivity contribution in [3.8, 4) is 0 Å². The van der Waals surface area contributed by atoms with Crippen molar-refractivity contribution in [1.82, 2.24) is 10.2 Å². The second-order valence-electron chi connectivity index (χ2n) is 10.1. The zero-order chi connectivity index (χ0) is 31.7. The largest absolute Gasteiger partial charge is 0.354 e. The topological polar surface area (TPSA) is 86.8 Å². The van der Waals surface area contributed by atoms with Gasteiger partial charge in [-0.2, -0.15) is 0 Å². The van der Waals surface area contributed by atoms with Gasteiger partial charge < -0.3 is 10.2 Å². The lowest BCUT2D eigenvalue weighted by Gasteiger charge is -2.34. The molecule has 0 aromatic heterocycles. The van der Waals surface area contributed by atoms with Crippen LogP contribution in [-0.4, -0.2) is 44.3 Å². The Balaban J connectivity index is 1.81. The third-order valence-corrected chi connectivity index (χ3v) is 9.45. The van der Waals surface area contributed by atoms with Gasteiger partial charge in [-0.25, -0.2) is 8.42 Å². The van der Waals surface area contributed by atoms with Crippen LogP contribution in [-0.2, 0) is 32.6 Å². The van der Waals surface area contributed by atoms with Gasteiger partial charge in [0, 0.05) is 29.6 Å². The van der Waals surface area contributed by atoms with Crippen molar-refractivity contribution in [2.45, 2.75) is 37.2 Å². The minimum Gasteiger partial charge on any atom is -0.354 e. The van der Waals surface area contributed by atoms with Gasteiger partial charge in [-0.3, -0.25) is 13.9 Å². The van der Waals surface area contributed by atoms with Crippen LogP contribution in [0.4, 0.5) is 5.69 Å². The van der Waals surface area contributed by atoms with E-state index in [4.69, 9.17) is 34.8 Å². The van der Waals surface area contributed by atoms with E-state index >= 15 is 0 Å². The number of hydrogen-bond donors (Lipinski definition) is 1. The van der Waals surface area contributed by atoms with Crippen LogP contribution in [0.3, 0.4) is 0 Å². The summed E-state index contributed by atoms with van der Waals surface area (Å²) in [5.41, 5.74) is 1.59. The first kappa shape index (κ1) is 33.3. The monoisotopic (exact) mass is 671 g/mol. The Morgan fingerprint density at radius 2 is 1.41 bits per heavy atom. The number of sulfonamides is 1. The van der Waals surface area contributed by atoms with E-state index in [-0.39, 0.29) is 39.5 Å². The molecule has 230 valence electrons. The number of carbonyl (C=O) groups is 2. The normalized spacial score (nSPS) is 11.9. The van der Waals surface area contributed by atoms with Gasteiger partial charge in [-0.1, -0.05) is 102 Å². The molecule has 0 saturated carbocycles. The zero-order valence-corrected chi connectivity index (χ0v) is 27.1. The van der Waals surface area contributed by atoms with Gasteiger partial charge in [0.05, 0.1) is 15.6 Å². The Morgan fingerprint density at radius 1 is 0.795 bits per heavy atom. The number of amides is 2. The van der Waals surface area contributed by atoms with Gasteiger partial charge in [0.15, 0.2) is 0 Å². The molecule has 0 saturated heterocycles. The van der Waals surface area contributed by atoms with Crippen molar-refractivity contribution in [1.29, 1.82) is 0 Å². The third-order valence-electron chi connectivity index (χ3n) is 6.87. The average Bonchev–Trinajstić information content (AvgIpc) is 3.03. The highest BCUT2D eigenvalue weighted by Crippen LogP contribution is 2.33. The predicted octanol–water partition coefficient (Wildman–Crippen LogP) is 7.01. The van der Waals surface area contributed by atoms with Crippen molar-refractivity contribution in [2.24, 2.45) is 0 Å². The molecule has 0 aliphatic heterocycles. The maximum atomic E-state index is 14.4. The Bertz CT molecular complexity index is 1670. The van der Waals surface area contributed by atoms with Crippen LogP contribution in [0.5, 0.6) is 0 Å². The maximum absolute atomic E-state index is 14.4. The van der Waals surface area contributed by atoms with Crippen LogP contribution in [0.25, 0.3) is 0 Å². The number of anilines is 1. The van der Waals surface area contributed by atoms with Gasteiger partial charge in [-0.05, 0) is 60.0 Å². The lowest BCUT2D eigenvalue weighted by Crippen LogP contribution is -2.53. The summed E-state index contributed by atoms with van der Waals surface area (Å²) in [5, 5.41) is 3.76. The molecule has 4 aromatic rings. The summed E-state index contributed by atoms with van der Waals surface area (Å²) in [7, 11) is -4.29. The number of rotatable bonds is 13. The highest BCUT2D eigenvalue weighted by atomic mass is 35.5. The van der Waals surface area contributed by atoms with Gasteiger partial charge in [-0.15, -0.1) is 0 Å². The van der Waals surface area contributed by atoms with Crippen LogP contribution < -0.4 is 9.62 Å². The van der Waals surface area contributed by atoms with Gasteiger partial charge in [0.1, 0.15) is 12.6 Å². The fraction of sp³-hybridized carbons (Fsp3) is 0.212. The predicted molar refractivity (Wildman–Crippen MR) is 177 cm³/mol. The molecule has 0 heterocycles. The van der Waals surface area contributed by atoms with Gasteiger partial charge in [0.25, 0.3) is 10.0 Å². The molecule has 4 aromatic carbocycles. The first-order valence-electron chi connectivity index (χ1n) is 14.0. The minimum atomic E-state index is -4.29. The maximum Gasteiger partial charge on any atom is 0.264 e. The van der Waals surface area contributed by atoms with Crippen LogP contribution >= 0.6 is 34.8 Å². The summed E-state index contributed by atoms with van der Waals surface area (Å²) in [4.78, 5) is 29.5. The number of nitrogens with one attached hydrogen (secondary N) is 1. The molecule has 44 heavy (non-hydrogen) atoms. The van der Waals surface area contributed by atoms with Crippen molar-refractivity contribution >= 4 is 62.3 Å². The number of benzene rings is 4. The fourth-order valence-electron chi connectivity index (χ4n) is 4.62. The summed E-state index contributed by atoms with van der Waals surface area (Å²) >= 11 is 18.9. The molecule has 0 spiro atoms. The van der Waals surface area contributed by atoms with Crippen LogP contribution in [0.15, 0.2) is 108 Å². The summed E-state index contributed by atoms with van der Waals surface area (Å²) in [6, 6.07) is 27.5. The van der Waals surface area contributed by atoms with Crippen LogP contribution in [0.1, 0.15) is 24.5 Å². The molecule has 0 aliphatic carbocycles. The second kappa shape index (κ2) is 15.4. The van der Waals surface area contributed by atoms with E-state index in [1.807, 2.05) is 37.3 Å². The molecule has 0 radical (unpaired) electrons. The number of hydrogen-bond acceptors (Lipinski definition) is 4. The zero-order valence-electron chi connectivity index (χ0n) is 24.0. The molecule has 0 bridgehead atoms. The van der Waals surface area contributed by atoms with Crippen LogP contribution in [0.2, 0.25) is 15.1 Å². The molecular weight excluding hydrogens is 641 g/mol. The number of halogens is 3. The Labute approximate surface area is 273 Å². The van der Waals surface area contributed by atoms with E-state index in [9.17, 15) is 18.0 Å². The summed E-state index contributed by atoms with van der Waals surface area (Å²) in [6.45, 7) is 1.73. The van der Waals surface area contributed by atoms with Crippen molar-refractivity contribution < 1.29 is 18.0 Å². The molecule has 0 unspecified atom stereocenters. The lowest BCUT2D eigenvalue weighted by molar-refractivity contribution is -0.140. The Morgan fingerprint density at radius 3 is 2.05 bits per heavy atom. The second-order valence-corrected chi connectivity index (χ2v) is 13.2. The van der Waals surface area contributed by atoms with E-state index in [2.05, 4.69) is 5.32 Å². The van der Waals surface area contributed by atoms with E-state index in [1.54, 1.807) is 42.5 Å². The first-order chi connectivity index (χ1) is 21.1. The van der Waals surface area contributed by atoms with E-state index in [0.29, 0.717) is 23.6 Å². The van der Waals surface area contributed by atoms with E-state index < -0.39 is 28.5 Å². The SMILES string of the molecule is CCCNC(=O)[C@H](Cc1ccccc1)N(Cc1ccc(Cl)cc1)C(=O)CN(c1cc(Cl)ccc1Cl)S(=O)(=O)c1ccccc1. The standard InChI is InChI=1S/C33H32Cl3N3O4S/c1-2-19-37-33(41)31(20-24-9-5-3-6-10-24)38(22-25-13-15-26(34)16-14-25)32(40)23-39(30-21-27(35)17-18-29(30)36)44(42,43)28-11-7-4-8-12-28/h3-18,21,31H,2,19-20,22-23H2,1H3,(H,37,41)/t31-/m0/s1. The summed E-state index contributed by atoms with van der Waals surface area (Å²) in [6.07, 6.45) is 0.907. The van der Waals surface area contributed by atoms with Crippen molar-refractivity contribution in [3.05, 3.63) is 129 Å². The molecule has 2 amide bonds. The van der Waals surface area contributed by atoms with Gasteiger partial charge in [0.2, 0.25) is 11.8 Å². The number of nitrogens with zero attached hydrogens (tertiary/aromatic N) is 2. The smallest absolute Gasteiger partial charge is 0.264 e. The summed E-state index contributed by atoms with van der Waals surface area (Å²) in [5.74, 6) is -0.959. The van der Waals surface area contributed by atoms with Crippen molar-refractivity contribution in [2.75, 3.05) is 17.4 Å². The molecule has 7 nitrogen and oxygen atoms in total. The molecule has 11 heteroatoms.